The van der Waals surface area contributed by atoms with Crippen LogP contribution in [0.3, 0.4) is 0 Å². The van der Waals surface area contributed by atoms with Crippen LogP contribution in [0.2, 0.25) is 0 Å². The lowest BCUT2D eigenvalue weighted by molar-refractivity contribution is 0.103. The Kier molecular flexibility index (Phi) is 3.33. The molecule has 0 spiro atoms. The number of hydrogen-bond donors (Lipinski definition) is 0. The molecule has 1 nitrogen and oxygen atoms in total. The lowest BCUT2D eigenvalue weighted by Crippen LogP contribution is -2.04. The molecule has 0 aromatic heterocycles. The van der Waals surface area contributed by atoms with Crippen molar-refractivity contribution in [1.82, 2.24) is 0 Å². The molecule has 0 aliphatic rings. The Hall–Kier alpha value is -1.96. The number of carbonyl (C=O) groups excluding carboxylic acids is 1. The first-order chi connectivity index (χ1) is 8.22. The van der Waals surface area contributed by atoms with Gasteiger partial charge in [0.2, 0.25) is 0 Å². The zero-order valence-electron chi connectivity index (χ0n) is 9.61. The summed E-state index contributed by atoms with van der Waals surface area (Å²) in [7, 11) is 0. The molecule has 0 fully saturated rings. The second-order valence-electron chi connectivity index (χ2n) is 3.85. The van der Waals surface area contributed by atoms with E-state index < -0.39 is 0 Å². The van der Waals surface area contributed by atoms with Gasteiger partial charge in [0, 0.05) is 11.1 Å². The zero-order chi connectivity index (χ0) is 12.3. The molecule has 2 rings (SSSR count). The van der Waals surface area contributed by atoms with Crippen molar-refractivity contribution in [2.75, 3.05) is 0 Å². The minimum atomic E-state index is -0.328. The Morgan fingerprint density at radius 1 is 1.06 bits per heavy atom. The minimum Gasteiger partial charge on any atom is -0.289 e. The standard InChI is InChI=1S/C15H13FO/c1-2-11-5-3-4-6-14(11)15(17)12-7-9-13(16)10-8-12/h3-10H,2H2,1H3. The number of ketones is 1. The summed E-state index contributed by atoms with van der Waals surface area (Å²) in [6, 6.07) is 13.2. The van der Waals surface area contributed by atoms with Gasteiger partial charge in [-0.1, -0.05) is 31.2 Å². The van der Waals surface area contributed by atoms with E-state index in [2.05, 4.69) is 0 Å². The SMILES string of the molecule is CCc1ccccc1C(=O)c1ccc(F)cc1. The van der Waals surface area contributed by atoms with Gasteiger partial charge < -0.3 is 0 Å². The molecule has 0 heterocycles. The van der Waals surface area contributed by atoms with E-state index in [1.165, 1.54) is 24.3 Å². The van der Waals surface area contributed by atoms with Crippen LogP contribution in [0.4, 0.5) is 4.39 Å². The average Bonchev–Trinajstić information content (AvgIpc) is 2.39. The van der Waals surface area contributed by atoms with Crippen molar-refractivity contribution in [2.24, 2.45) is 0 Å². The quantitative estimate of drug-likeness (QED) is 0.733. The van der Waals surface area contributed by atoms with Crippen molar-refractivity contribution in [3.8, 4) is 0 Å². The number of carbonyl (C=O) groups is 1. The van der Waals surface area contributed by atoms with Gasteiger partial charge in [-0.05, 0) is 36.2 Å². The molecule has 86 valence electrons. The summed E-state index contributed by atoms with van der Waals surface area (Å²) >= 11 is 0. The van der Waals surface area contributed by atoms with E-state index in [0.29, 0.717) is 11.1 Å². The average molecular weight is 228 g/mol. The van der Waals surface area contributed by atoms with Gasteiger partial charge in [-0.3, -0.25) is 4.79 Å². The number of halogens is 1. The lowest BCUT2D eigenvalue weighted by atomic mass is 9.97. The number of benzene rings is 2. The van der Waals surface area contributed by atoms with Crippen LogP contribution >= 0.6 is 0 Å². The van der Waals surface area contributed by atoms with Gasteiger partial charge in [0.05, 0.1) is 0 Å². The highest BCUT2D eigenvalue weighted by Gasteiger charge is 2.11. The van der Waals surface area contributed by atoms with Crippen molar-refractivity contribution in [3.63, 3.8) is 0 Å². The van der Waals surface area contributed by atoms with Crippen molar-refractivity contribution in [1.29, 1.82) is 0 Å². The van der Waals surface area contributed by atoms with E-state index in [1.807, 2.05) is 31.2 Å². The van der Waals surface area contributed by atoms with Gasteiger partial charge in [-0.15, -0.1) is 0 Å². The Morgan fingerprint density at radius 2 is 1.71 bits per heavy atom. The van der Waals surface area contributed by atoms with E-state index >= 15 is 0 Å². The topological polar surface area (TPSA) is 17.1 Å². The van der Waals surface area contributed by atoms with Gasteiger partial charge >= 0.3 is 0 Å². The molecule has 0 aliphatic carbocycles. The third-order valence-electron chi connectivity index (χ3n) is 2.75. The minimum absolute atomic E-state index is 0.0533. The van der Waals surface area contributed by atoms with Crippen LogP contribution < -0.4 is 0 Å². The van der Waals surface area contributed by atoms with Gasteiger partial charge in [0.1, 0.15) is 5.82 Å². The lowest BCUT2D eigenvalue weighted by Gasteiger charge is -2.06. The van der Waals surface area contributed by atoms with Gasteiger partial charge in [0.15, 0.2) is 5.78 Å². The van der Waals surface area contributed by atoms with E-state index in [4.69, 9.17) is 0 Å². The maximum atomic E-state index is 12.8. The molecule has 2 heteroatoms. The largest absolute Gasteiger partial charge is 0.289 e. The number of hydrogen-bond acceptors (Lipinski definition) is 1. The Morgan fingerprint density at radius 3 is 2.35 bits per heavy atom. The summed E-state index contributed by atoms with van der Waals surface area (Å²) in [5, 5.41) is 0. The normalized spacial score (nSPS) is 10.2. The van der Waals surface area contributed by atoms with Crippen LogP contribution in [0.5, 0.6) is 0 Å². The van der Waals surface area contributed by atoms with E-state index in [1.54, 1.807) is 0 Å². The highest BCUT2D eigenvalue weighted by molar-refractivity contribution is 6.09. The van der Waals surface area contributed by atoms with Crippen molar-refractivity contribution in [3.05, 3.63) is 71.0 Å². The summed E-state index contributed by atoms with van der Waals surface area (Å²) in [4.78, 5) is 12.2. The highest BCUT2D eigenvalue weighted by atomic mass is 19.1. The summed E-state index contributed by atoms with van der Waals surface area (Å²) in [5.74, 6) is -0.382. The molecule has 0 N–H and O–H groups in total. The summed E-state index contributed by atoms with van der Waals surface area (Å²) in [6.45, 7) is 2.01. The zero-order valence-corrected chi connectivity index (χ0v) is 9.61. The van der Waals surface area contributed by atoms with Crippen LogP contribution in [0, 0.1) is 5.82 Å². The molecule has 0 unspecified atom stereocenters. The van der Waals surface area contributed by atoms with Crippen LogP contribution in [-0.2, 0) is 6.42 Å². The van der Waals surface area contributed by atoms with E-state index in [9.17, 15) is 9.18 Å². The van der Waals surface area contributed by atoms with Crippen molar-refractivity contribution >= 4 is 5.78 Å². The Labute approximate surface area is 99.9 Å². The van der Waals surface area contributed by atoms with Gasteiger partial charge in [-0.2, -0.15) is 0 Å². The first-order valence-corrected chi connectivity index (χ1v) is 5.60. The van der Waals surface area contributed by atoms with Crippen LogP contribution in [0.1, 0.15) is 28.4 Å². The highest BCUT2D eigenvalue weighted by Crippen LogP contribution is 2.15. The first kappa shape index (κ1) is 11.5. The summed E-state index contributed by atoms with van der Waals surface area (Å²) in [6.07, 6.45) is 0.809. The molecule has 2 aromatic carbocycles. The van der Waals surface area contributed by atoms with E-state index in [-0.39, 0.29) is 11.6 Å². The van der Waals surface area contributed by atoms with Gasteiger partial charge in [-0.25, -0.2) is 4.39 Å². The summed E-state index contributed by atoms with van der Waals surface area (Å²) in [5.41, 5.74) is 2.23. The maximum absolute atomic E-state index is 12.8. The smallest absolute Gasteiger partial charge is 0.193 e. The number of aryl methyl sites for hydroxylation is 1. The molecule has 0 aliphatic heterocycles. The Balaban J connectivity index is 2.40. The van der Waals surface area contributed by atoms with Crippen molar-refractivity contribution in [2.45, 2.75) is 13.3 Å². The Bertz CT molecular complexity index is 529. The monoisotopic (exact) mass is 228 g/mol. The second kappa shape index (κ2) is 4.91. The molecule has 2 aromatic rings. The molecule has 0 atom stereocenters. The van der Waals surface area contributed by atoms with Crippen LogP contribution in [0.25, 0.3) is 0 Å². The van der Waals surface area contributed by atoms with E-state index in [0.717, 1.165) is 12.0 Å². The molecule has 0 bridgehead atoms. The number of rotatable bonds is 3. The van der Waals surface area contributed by atoms with Crippen molar-refractivity contribution < 1.29 is 9.18 Å². The maximum Gasteiger partial charge on any atom is 0.193 e. The predicted octanol–water partition coefficient (Wildman–Crippen LogP) is 3.62. The fourth-order valence-electron chi connectivity index (χ4n) is 1.81. The fourth-order valence-corrected chi connectivity index (χ4v) is 1.81. The molecule has 17 heavy (non-hydrogen) atoms. The molecule has 0 saturated carbocycles. The van der Waals surface area contributed by atoms with Crippen LogP contribution in [-0.4, -0.2) is 5.78 Å². The summed E-state index contributed by atoms with van der Waals surface area (Å²) < 4.78 is 12.8. The third kappa shape index (κ3) is 2.41. The third-order valence-corrected chi connectivity index (χ3v) is 2.75. The molecular weight excluding hydrogens is 215 g/mol. The molecule has 0 amide bonds. The second-order valence-corrected chi connectivity index (χ2v) is 3.85. The van der Waals surface area contributed by atoms with Gasteiger partial charge in [0.25, 0.3) is 0 Å². The molecular formula is C15H13FO. The first-order valence-electron chi connectivity index (χ1n) is 5.60. The predicted molar refractivity (Wildman–Crippen MR) is 65.7 cm³/mol. The fraction of sp³-hybridized carbons (Fsp3) is 0.133. The molecule has 0 radical (unpaired) electrons. The molecule has 0 saturated heterocycles. The van der Waals surface area contributed by atoms with Crippen LogP contribution in [0.15, 0.2) is 48.5 Å².